The van der Waals surface area contributed by atoms with Crippen LogP contribution in [0.4, 0.5) is 0 Å². The molecule has 0 N–H and O–H groups in total. The number of thiazole rings is 1. The van der Waals surface area contributed by atoms with Crippen LogP contribution in [0.2, 0.25) is 0 Å². The topological polar surface area (TPSA) is 43.1 Å². The number of pyridine rings is 1. The molecule has 24 heavy (non-hydrogen) atoms. The van der Waals surface area contributed by atoms with Crippen molar-refractivity contribution >= 4 is 28.7 Å². The monoisotopic (exact) mass is 352 g/mol. The quantitative estimate of drug-likeness (QED) is 0.488. The van der Waals surface area contributed by atoms with Crippen molar-refractivity contribution in [3.8, 4) is 10.6 Å². The zero-order valence-electron chi connectivity index (χ0n) is 13.2. The van der Waals surface area contributed by atoms with Gasteiger partial charge in [0, 0.05) is 22.9 Å². The molecule has 0 atom stereocenters. The Balaban J connectivity index is 1.48. The van der Waals surface area contributed by atoms with Gasteiger partial charge < -0.3 is 0 Å². The molecule has 120 valence electrons. The second-order valence-electron chi connectivity index (χ2n) is 5.39. The van der Waals surface area contributed by atoms with Crippen molar-refractivity contribution in [1.29, 1.82) is 0 Å². The van der Waals surface area contributed by atoms with Crippen molar-refractivity contribution in [3.63, 3.8) is 0 Å². The van der Waals surface area contributed by atoms with Gasteiger partial charge in [0.25, 0.3) is 0 Å². The third kappa shape index (κ3) is 3.07. The first kappa shape index (κ1) is 15.4. The lowest BCUT2D eigenvalue weighted by Gasteiger charge is -1.99. The molecule has 3 aromatic heterocycles. The fraction of sp³-hybridized carbons (Fsp3) is 0.167. The largest absolute Gasteiger partial charge is 0.277 e. The third-order valence-corrected chi connectivity index (χ3v) is 5.71. The minimum Gasteiger partial charge on any atom is -0.277 e. The first-order valence-corrected chi connectivity index (χ1v) is 9.66. The van der Waals surface area contributed by atoms with Crippen molar-refractivity contribution in [1.82, 2.24) is 19.6 Å². The summed E-state index contributed by atoms with van der Waals surface area (Å²) in [4.78, 5) is 4.76. The zero-order valence-corrected chi connectivity index (χ0v) is 14.8. The second-order valence-corrected chi connectivity index (χ2v) is 7.20. The van der Waals surface area contributed by atoms with Crippen molar-refractivity contribution in [3.05, 3.63) is 65.3 Å². The van der Waals surface area contributed by atoms with Gasteiger partial charge in [-0.05, 0) is 24.1 Å². The summed E-state index contributed by atoms with van der Waals surface area (Å²) in [5, 5.41) is 12.5. The number of aryl methyl sites for hydroxylation is 1. The average Bonchev–Trinajstić information content (AvgIpc) is 3.27. The first-order valence-electron chi connectivity index (χ1n) is 7.80. The van der Waals surface area contributed by atoms with E-state index in [2.05, 4.69) is 46.8 Å². The summed E-state index contributed by atoms with van der Waals surface area (Å²) in [5.41, 5.74) is 4.48. The van der Waals surface area contributed by atoms with Gasteiger partial charge in [0.15, 0.2) is 10.8 Å². The highest BCUT2D eigenvalue weighted by atomic mass is 32.2. The van der Waals surface area contributed by atoms with E-state index in [9.17, 15) is 0 Å². The maximum absolute atomic E-state index is 4.76. The van der Waals surface area contributed by atoms with Crippen molar-refractivity contribution < 1.29 is 0 Å². The number of fused-ring (bicyclic) bond motifs is 1. The van der Waals surface area contributed by atoms with Crippen LogP contribution in [-0.4, -0.2) is 19.6 Å². The minimum absolute atomic E-state index is 0.791. The molecule has 0 aliphatic heterocycles. The molecule has 4 nitrogen and oxygen atoms in total. The summed E-state index contributed by atoms with van der Waals surface area (Å²) >= 11 is 3.35. The van der Waals surface area contributed by atoms with Gasteiger partial charge in [-0.3, -0.25) is 4.40 Å². The summed E-state index contributed by atoms with van der Waals surface area (Å²) in [5.74, 6) is 0.791. The number of thioether (sulfide) groups is 1. The Morgan fingerprint density at radius 3 is 2.79 bits per heavy atom. The van der Waals surface area contributed by atoms with Crippen LogP contribution in [0, 0.1) is 0 Å². The summed E-state index contributed by atoms with van der Waals surface area (Å²) in [6.07, 6.45) is 3.05. The van der Waals surface area contributed by atoms with Gasteiger partial charge in [-0.15, -0.1) is 21.5 Å². The van der Waals surface area contributed by atoms with Crippen LogP contribution >= 0.6 is 23.1 Å². The number of aromatic nitrogens is 4. The van der Waals surface area contributed by atoms with E-state index < -0.39 is 0 Å². The zero-order chi connectivity index (χ0) is 16.4. The number of hydrogen-bond donors (Lipinski definition) is 0. The Bertz CT molecular complexity index is 956. The first-order chi connectivity index (χ1) is 11.8. The van der Waals surface area contributed by atoms with Gasteiger partial charge in [-0.25, -0.2) is 4.98 Å². The molecule has 0 amide bonds. The highest BCUT2D eigenvalue weighted by molar-refractivity contribution is 7.98. The highest BCUT2D eigenvalue weighted by Gasteiger charge is 2.09. The Labute approximate surface area is 148 Å². The van der Waals surface area contributed by atoms with Crippen LogP contribution in [0.25, 0.3) is 16.2 Å². The van der Waals surface area contributed by atoms with Gasteiger partial charge in [-0.1, -0.05) is 49.0 Å². The van der Waals surface area contributed by atoms with Crippen LogP contribution < -0.4 is 0 Å². The maximum Gasteiger partial charge on any atom is 0.195 e. The van der Waals surface area contributed by atoms with Gasteiger partial charge >= 0.3 is 0 Å². The molecule has 0 saturated carbocycles. The molecule has 6 heteroatoms. The van der Waals surface area contributed by atoms with Crippen LogP contribution in [0.3, 0.4) is 0 Å². The second kappa shape index (κ2) is 6.75. The molecule has 4 rings (SSSR count). The average molecular weight is 352 g/mol. The molecule has 0 bridgehead atoms. The molecule has 1 aromatic carbocycles. The number of benzene rings is 1. The fourth-order valence-electron chi connectivity index (χ4n) is 2.45. The molecule has 0 saturated heterocycles. The number of rotatable bonds is 5. The summed E-state index contributed by atoms with van der Waals surface area (Å²) < 4.78 is 2.00. The molecule has 0 unspecified atom stereocenters. The minimum atomic E-state index is 0.791. The predicted octanol–water partition coefficient (Wildman–Crippen LogP) is 4.71. The predicted molar refractivity (Wildman–Crippen MR) is 99.5 cm³/mol. The summed E-state index contributed by atoms with van der Waals surface area (Å²) in [7, 11) is 0. The Morgan fingerprint density at radius 1 is 1.08 bits per heavy atom. The van der Waals surface area contributed by atoms with Crippen LogP contribution in [-0.2, 0) is 12.2 Å². The van der Waals surface area contributed by atoms with Gasteiger partial charge in [-0.2, -0.15) is 0 Å². The molecule has 0 fully saturated rings. The van der Waals surface area contributed by atoms with E-state index in [4.69, 9.17) is 4.98 Å². The standard InChI is InChI=1S/C18H16N4S2/c1-2-13-6-8-14(9-7-13)17-19-15(11-23-17)12-24-18-21-20-16-5-3-4-10-22(16)18/h3-11H,2,12H2,1H3. The van der Waals surface area contributed by atoms with Gasteiger partial charge in [0.2, 0.25) is 0 Å². The van der Waals surface area contributed by atoms with E-state index in [1.165, 1.54) is 11.1 Å². The highest BCUT2D eigenvalue weighted by Crippen LogP contribution is 2.27. The molecular formula is C18H16N4S2. The van der Waals surface area contributed by atoms with Crippen LogP contribution in [0.15, 0.2) is 59.2 Å². The Hall–Kier alpha value is -2.18. The van der Waals surface area contributed by atoms with E-state index in [1.807, 2.05) is 28.8 Å². The lowest BCUT2D eigenvalue weighted by atomic mass is 10.1. The van der Waals surface area contributed by atoms with E-state index in [-0.39, 0.29) is 0 Å². The lowest BCUT2D eigenvalue weighted by molar-refractivity contribution is 0.920. The molecular weight excluding hydrogens is 336 g/mol. The van der Waals surface area contributed by atoms with Crippen molar-refractivity contribution in [2.24, 2.45) is 0 Å². The van der Waals surface area contributed by atoms with E-state index in [1.54, 1.807) is 23.1 Å². The molecule has 4 aromatic rings. The smallest absolute Gasteiger partial charge is 0.195 e. The van der Waals surface area contributed by atoms with Crippen molar-refractivity contribution in [2.75, 3.05) is 0 Å². The number of nitrogens with zero attached hydrogens (tertiary/aromatic N) is 4. The number of hydrogen-bond acceptors (Lipinski definition) is 5. The van der Waals surface area contributed by atoms with Gasteiger partial charge in [0.05, 0.1) is 5.69 Å². The van der Waals surface area contributed by atoms with E-state index >= 15 is 0 Å². The van der Waals surface area contributed by atoms with E-state index in [0.717, 1.165) is 33.7 Å². The molecule has 3 heterocycles. The SMILES string of the molecule is CCc1ccc(-c2nc(CSc3nnc4ccccn34)cs2)cc1. The van der Waals surface area contributed by atoms with Gasteiger partial charge in [0.1, 0.15) is 5.01 Å². The molecule has 0 aliphatic carbocycles. The van der Waals surface area contributed by atoms with E-state index in [0.29, 0.717) is 0 Å². The van der Waals surface area contributed by atoms with Crippen LogP contribution in [0.5, 0.6) is 0 Å². The van der Waals surface area contributed by atoms with Crippen LogP contribution in [0.1, 0.15) is 18.2 Å². The molecule has 0 radical (unpaired) electrons. The maximum atomic E-state index is 4.76. The summed E-state index contributed by atoms with van der Waals surface area (Å²) in [6, 6.07) is 14.6. The summed E-state index contributed by atoms with van der Waals surface area (Å²) in [6.45, 7) is 2.17. The fourth-order valence-corrected chi connectivity index (χ4v) is 4.19. The normalized spacial score (nSPS) is 11.2. The molecule has 0 spiro atoms. The Kier molecular flexibility index (Phi) is 4.32. The third-order valence-electron chi connectivity index (χ3n) is 3.79. The van der Waals surface area contributed by atoms with Crippen molar-refractivity contribution in [2.45, 2.75) is 24.3 Å². The molecule has 0 aliphatic rings. The lowest BCUT2D eigenvalue weighted by Crippen LogP contribution is -1.88. The Morgan fingerprint density at radius 2 is 1.96 bits per heavy atom.